The smallest absolute Gasteiger partial charge is 0.233 e. The van der Waals surface area contributed by atoms with Gasteiger partial charge in [0.2, 0.25) is 11.6 Å². The van der Waals surface area contributed by atoms with Crippen LogP contribution in [0.1, 0.15) is 59.2 Å². The quantitative estimate of drug-likeness (QED) is 0.448. The third-order valence-corrected chi connectivity index (χ3v) is 3.76. The number of hydrogen-bond acceptors (Lipinski definition) is 2. The van der Waals surface area contributed by atoms with Crippen LogP contribution in [0.25, 0.3) is 0 Å². The highest BCUT2D eigenvalue weighted by molar-refractivity contribution is 6.49. The zero-order valence-corrected chi connectivity index (χ0v) is 13.8. The van der Waals surface area contributed by atoms with Crippen molar-refractivity contribution in [1.82, 2.24) is 0 Å². The molecule has 0 aromatic heterocycles. The Kier molecular flexibility index (Phi) is 7.50. The Morgan fingerprint density at radius 2 is 0.958 bits per heavy atom. The number of rotatable bonds is 3. The molecular formula is C22H22O2. The van der Waals surface area contributed by atoms with Crippen molar-refractivity contribution in [1.29, 1.82) is 0 Å². The molecule has 0 fully saturated rings. The summed E-state index contributed by atoms with van der Waals surface area (Å²) in [5, 5.41) is 0. The maximum Gasteiger partial charge on any atom is 0.233 e. The van der Waals surface area contributed by atoms with Gasteiger partial charge in [0.1, 0.15) is 0 Å². The molecule has 0 amide bonds. The second-order valence-electron chi connectivity index (χ2n) is 5.66. The maximum absolute atomic E-state index is 11.8. The van der Waals surface area contributed by atoms with E-state index < -0.39 is 11.6 Å². The third kappa shape index (κ3) is 5.85. The third-order valence-electron chi connectivity index (χ3n) is 3.76. The molecule has 2 aromatic carbocycles. The van der Waals surface area contributed by atoms with Crippen LogP contribution < -0.4 is 0 Å². The molecule has 0 unspecified atom stereocenters. The van der Waals surface area contributed by atoms with E-state index in [1.807, 2.05) is 12.1 Å². The first-order valence-electron chi connectivity index (χ1n) is 8.44. The van der Waals surface area contributed by atoms with Gasteiger partial charge in [-0.3, -0.25) is 9.59 Å². The minimum absolute atomic E-state index is 0.427. The Morgan fingerprint density at radius 1 is 0.583 bits per heavy atom. The molecule has 1 aliphatic rings. The van der Waals surface area contributed by atoms with E-state index in [4.69, 9.17) is 0 Å². The zero-order chi connectivity index (χ0) is 17.0. The van der Waals surface area contributed by atoms with E-state index >= 15 is 0 Å². The van der Waals surface area contributed by atoms with Crippen molar-refractivity contribution in [3.8, 4) is 11.8 Å². The lowest BCUT2D eigenvalue weighted by Crippen LogP contribution is -2.14. The van der Waals surface area contributed by atoms with Crippen molar-refractivity contribution in [2.75, 3.05) is 0 Å². The second-order valence-corrected chi connectivity index (χ2v) is 5.66. The molecule has 0 N–H and O–H groups in total. The van der Waals surface area contributed by atoms with Crippen LogP contribution in [0.5, 0.6) is 0 Å². The molecular weight excluding hydrogens is 296 g/mol. The lowest BCUT2D eigenvalue weighted by molar-refractivity contribution is 0.0817. The van der Waals surface area contributed by atoms with E-state index in [0.717, 1.165) is 12.8 Å². The standard InChI is InChI=1S/C14H10O2.C8H12/c15-13(11-7-3-1-4-8-11)14(16)12-9-5-2-6-10-12;1-2-4-6-8-7-5-3-1/h1-10H;1-6H2. The largest absolute Gasteiger partial charge is 0.285 e. The molecule has 2 heteroatoms. The van der Waals surface area contributed by atoms with Crippen LogP contribution in [-0.4, -0.2) is 11.6 Å². The van der Waals surface area contributed by atoms with Crippen molar-refractivity contribution in [3.63, 3.8) is 0 Å². The Labute approximate surface area is 143 Å². The molecule has 3 rings (SSSR count). The molecule has 0 saturated carbocycles. The predicted molar refractivity (Wildman–Crippen MR) is 97.0 cm³/mol. The van der Waals surface area contributed by atoms with Crippen LogP contribution in [0.2, 0.25) is 0 Å². The van der Waals surface area contributed by atoms with E-state index in [1.165, 1.54) is 25.7 Å². The van der Waals surface area contributed by atoms with Crippen molar-refractivity contribution in [2.45, 2.75) is 38.5 Å². The van der Waals surface area contributed by atoms with Gasteiger partial charge in [0.25, 0.3) is 0 Å². The minimum atomic E-state index is -0.466. The number of ketones is 2. The van der Waals surface area contributed by atoms with Gasteiger partial charge in [-0.25, -0.2) is 0 Å². The van der Waals surface area contributed by atoms with Crippen molar-refractivity contribution in [2.24, 2.45) is 0 Å². The first kappa shape index (κ1) is 17.7. The van der Waals surface area contributed by atoms with Gasteiger partial charge in [0, 0.05) is 24.0 Å². The van der Waals surface area contributed by atoms with E-state index in [9.17, 15) is 9.59 Å². The van der Waals surface area contributed by atoms with Gasteiger partial charge in [-0.2, -0.15) is 0 Å². The summed E-state index contributed by atoms with van der Waals surface area (Å²) in [6, 6.07) is 17.2. The van der Waals surface area contributed by atoms with Gasteiger partial charge in [0.05, 0.1) is 0 Å². The highest BCUT2D eigenvalue weighted by Crippen LogP contribution is 2.07. The molecule has 0 atom stereocenters. The molecule has 2 nitrogen and oxygen atoms in total. The van der Waals surface area contributed by atoms with E-state index in [0.29, 0.717) is 11.1 Å². The molecule has 24 heavy (non-hydrogen) atoms. The maximum atomic E-state index is 11.8. The van der Waals surface area contributed by atoms with Gasteiger partial charge in [-0.05, 0) is 12.8 Å². The molecule has 1 aliphatic carbocycles. The number of Topliss-reactive ketones (excluding diaryl/α,β-unsaturated/α-hetero) is 2. The topological polar surface area (TPSA) is 34.1 Å². The molecule has 0 aliphatic heterocycles. The summed E-state index contributed by atoms with van der Waals surface area (Å²) in [6.45, 7) is 0. The molecule has 122 valence electrons. The Balaban J connectivity index is 0.000000219. The summed E-state index contributed by atoms with van der Waals surface area (Å²) in [5.41, 5.74) is 0.854. The molecule has 0 bridgehead atoms. The molecule has 0 saturated heterocycles. The average molecular weight is 318 g/mol. The molecule has 0 radical (unpaired) electrons. The van der Waals surface area contributed by atoms with Gasteiger partial charge in [0.15, 0.2) is 0 Å². The van der Waals surface area contributed by atoms with Crippen LogP contribution in [0.15, 0.2) is 60.7 Å². The monoisotopic (exact) mass is 318 g/mol. The average Bonchev–Trinajstić information content (AvgIpc) is 2.62. The lowest BCUT2D eigenvalue weighted by atomic mass is 10.0. The van der Waals surface area contributed by atoms with Crippen LogP contribution in [-0.2, 0) is 0 Å². The Hall–Kier alpha value is -2.66. The highest BCUT2D eigenvalue weighted by atomic mass is 16.2. The zero-order valence-electron chi connectivity index (χ0n) is 13.8. The summed E-state index contributed by atoms with van der Waals surface area (Å²) in [6.07, 6.45) is 7.73. The van der Waals surface area contributed by atoms with Crippen molar-refractivity contribution >= 4 is 11.6 Å². The minimum Gasteiger partial charge on any atom is -0.285 e. The van der Waals surface area contributed by atoms with Crippen molar-refractivity contribution < 1.29 is 9.59 Å². The van der Waals surface area contributed by atoms with Crippen LogP contribution in [0, 0.1) is 11.8 Å². The first-order valence-corrected chi connectivity index (χ1v) is 8.44. The summed E-state index contributed by atoms with van der Waals surface area (Å²) >= 11 is 0. The Bertz CT molecular complexity index is 644. The van der Waals surface area contributed by atoms with Gasteiger partial charge in [-0.1, -0.05) is 73.5 Å². The molecule has 0 heterocycles. The highest BCUT2D eigenvalue weighted by Gasteiger charge is 2.16. The molecule has 0 spiro atoms. The summed E-state index contributed by atoms with van der Waals surface area (Å²) in [4.78, 5) is 23.6. The SMILES string of the molecule is C1#CCCCCCC1.O=C(C(=O)c1ccccc1)c1ccccc1. The van der Waals surface area contributed by atoms with Crippen LogP contribution >= 0.6 is 0 Å². The number of carbonyl (C=O) groups is 2. The van der Waals surface area contributed by atoms with E-state index in [-0.39, 0.29) is 0 Å². The summed E-state index contributed by atoms with van der Waals surface area (Å²) in [5.74, 6) is 5.34. The first-order chi connectivity index (χ1) is 11.8. The van der Waals surface area contributed by atoms with Gasteiger partial charge in [-0.15, -0.1) is 11.8 Å². The number of benzene rings is 2. The summed E-state index contributed by atoms with van der Waals surface area (Å²) in [7, 11) is 0. The normalized spacial score (nSPS) is 13.2. The van der Waals surface area contributed by atoms with Gasteiger partial charge >= 0.3 is 0 Å². The lowest BCUT2D eigenvalue weighted by Gasteiger charge is -1.99. The van der Waals surface area contributed by atoms with Gasteiger partial charge < -0.3 is 0 Å². The number of hydrogen-bond donors (Lipinski definition) is 0. The van der Waals surface area contributed by atoms with Crippen LogP contribution in [0.3, 0.4) is 0 Å². The second kappa shape index (κ2) is 10.2. The molecule has 2 aromatic rings. The fourth-order valence-electron chi connectivity index (χ4n) is 2.40. The fraction of sp³-hybridized carbons (Fsp3) is 0.273. The van der Waals surface area contributed by atoms with E-state index in [1.54, 1.807) is 48.5 Å². The van der Waals surface area contributed by atoms with E-state index in [2.05, 4.69) is 11.8 Å². The predicted octanol–water partition coefficient (Wildman–Crippen LogP) is 5.10. The fourth-order valence-corrected chi connectivity index (χ4v) is 2.40. The Morgan fingerprint density at radius 3 is 1.33 bits per heavy atom. The summed E-state index contributed by atoms with van der Waals surface area (Å²) < 4.78 is 0. The van der Waals surface area contributed by atoms with Crippen LogP contribution in [0.4, 0.5) is 0 Å². The van der Waals surface area contributed by atoms with Crippen molar-refractivity contribution in [3.05, 3.63) is 71.8 Å². The number of carbonyl (C=O) groups excluding carboxylic acids is 2.